The molecule has 1 aliphatic carbocycles. The van der Waals surface area contributed by atoms with Gasteiger partial charge in [-0.1, -0.05) is 37.0 Å². The quantitative estimate of drug-likeness (QED) is 0.560. The van der Waals surface area contributed by atoms with Crippen LogP contribution in [0.1, 0.15) is 19.3 Å². The Hall–Kier alpha value is -0.343. The minimum atomic E-state index is -1.38. The van der Waals surface area contributed by atoms with E-state index in [4.69, 9.17) is 0 Å². The third-order valence-corrected chi connectivity index (χ3v) is 5.30. The van der Waals surface area contributed by atoms with E-state index in [2.05, 4.69) is 38.4 Å². The van der Waals surface area contributed by atoms with E-state index in [0.717, 1.165) is 24.5 Å². The molecule has 0 bridgehead atoms. The Bertz CT molecular complexity index is 237. The second kappa shape index (κ2) is 4.45. The van der Waals surface area contributed by atoms with Crippen LogP contribution in [-0.4, -0.2) is 19.3 Å². The molecule has 0 saturated heterocycles. The Morgan fingerprint density at radius 3 is 2.50 bits per heavy atom. The second-order valence-electron chi connectivity index (χ2n) is 5.26. The van der Waals surface area contributed by atoms with E-state index in [1.807, 2.05) is 0 Å². The number of hydrogen-bond acceptors (Lipinski definition) is 1. The van der Waals surface area contributed by atoms with Crippen LogP contribution in [0.2, 0.25) is 19.6 Å². The van der Waals surface area contributed by atoms with Crippen molar-refractivity contribution >= 4 is 8.07 Å². The van der Waals surface area contributed by atoms with Crippen LogP contribution in [0.25, 0.3) is 0 Å². The molecule has 1 nitrogen and oxygen atoms in total. The highest BCUT2D eigenvalue weighted by molar-refractivity contribution is 6.83. The number of aliphatic hydroxyl groups excluding tert-OH is 1. The van der Waals surface area contributed by atoms with Crippen LogP contribution in [0.5, 0.6) is 0 Å². The van der Waals surface area contributed by atoms with Gasteiger partial charge in [0.25, 0.3) is 0 Å². The predicted octanol–water partition coefficient (Wildman–Crippen LogP) is 3.14. The van der Waals surface area contributed by atoms with Crippen LogP contribution in [0.3, 0.4) is 0 Å². The summed E-state index contributed by atoms with van der Waals surface area (Å²) in [6.45, 7) is 10.8. The van der Waals surface area contributed by atoms with Crippen molar-refractivity contribution in [2.24, 2.45) is 5.92 Å². The number of allylic oxidation sites excluding steroid dienone is 2. The van der Waals surface area contributed by atoms with Gasteiger partial charge in [-0.25, -0.2) is 0 Å². The highest BCUT2D eigenvalue weighted by atomic mass is 28.3. The SMILES string of the molecule is C=C([C@@H](O)[C@H]1CC=CCC1)[Si](C)(C)C. The Labute approximate surface area is 88.5 Å². The van der Waals surface area contributed by atoms with Gasteiger partial charge in [-0.05, 0) is 25.2 Å². The van der Waals surface area contributed by atoms with Crippen LogP contribution >= 0.6 is 0 Å². The van der Waals surface area contributed by atoms with E-state index in [9.17, 15) is 5.11 Å². The Morgan fingerprint density at radius 2 is 2.07 bits per heavy atom. The first-order valence-corrected chi connectivity index (χ1v) is 8.95. The lowest BCUT2D eigenvalue weighted by molar-refractivity contribution is 0.141. The fraction of sp³-hybridized carbons (Fsp3) is 0.667. The van der Waals surface area contributed by atoms with Gasteiger partial charge in [-0.15, -0.1) is 6.58 Å². The van der Waals surface area contributed by atoms with Gasteiger partial charge < -0.3 is 5.11 Å². The van der Waals surface area contributed by atoms with Crippen molar-refractivity contribution in [1.29, 1.82) is 0 Å². The summed E-state index contributed by atoms with van der Waals surface area (Å²) in [6.07, 6.45) is 7.37. The van der Waals surface area contributed by atoms with Crippen molar-refractivity contribution < 1.29 is 5.11 Å². The molecule has 0 aliphatic heterocycles. The summed E-state index contributed by atoms with van der Waals surface area (Å²) in [5.41, 5.74) is 0. The number of rotatable bonds is 3. The van der Waals surface area contributed by atoms with E-state index in [1.54, 1.807) is 0 Å². The lowest BCUT2D eigenvalue weighted by Crippen LogP contribution is -2.36. The maximum atomic E-state index is 10.2. The van der Waals surface area contributed by atoms with Gasteiger partial charge in [0.2, 0.25) is 0 Å². The fourth-order valence-electron chi connectivity index (χ4n) is 1.83. The molecule has 2 atom stereocenters. The molecule has 0 amide bonds. The molecule has 0 fully saturated rings. The molecular formula is C12H22OSi. The first-order valence-electron chi connectivity index (χ1n) is 5.45. The summed E-state index contributed by atoms with van der Waals surface area (Å²) >= 11 is 0. The lowest BCUT2D eigenvalue weighted by atomic mass is 9.89. The molecule has 0 spiro atoms. The van der Waals surface area contributed by atoms with E-state index in [0.29, 0.717) is 5.92 Å². The Kier molecular flexibility index (Phi) is 3.73. The van der Waals surface area contributed by atoms with E-state index < -0.39 is 8.07 Å². The van der Waals surface area contributed by atoms with Crippen molar-refractivity contribution in [2.75, 3.05) is 0 Å². The minimum Gasteiger partial charge on any atom is -0.389 e. The van der Waals surface area contributed by atoms with Gasteiger partial charge >= 0.3 is 0 Å². The normalized spacial score (nSPS) is 24.7. The van der Waals surface area contributed by atoms with Gasteiger partial charge in [-0.2, -0.15) is 0 Å². The van der Waals surface area contributed by atoms with E-state index >= 15 is 0 Å². The molecule has 0 radical (unpaired) electrons. The van der Waals surface area contributed by atoms with E-state index in [-0.39, 0.29) is 6.10 Å². The average Bonchev–Trinajstić information content (AvgIpc) is 2.15. The van der Waals surface area contributed by atoms with Crippen LogP contribution in [0.15, 0.2) is 23.9 Å². The first kappa shape index (κ1) is 11.7. The monoisotopic (exact) mass is 210 g/mol. The van der Waals surface area contributed by atoms with Crippen molar-refractivity contribution in [3.8, 4) is 0 Å². The van der Waals surface area contributed by atoms with Crippen LogP contribution in [0, 0.1) is 5.92 Å². The third-order valence-electron chi connectivity index (χ3n) is 3.08. The second-order valence-corrected chi connectivity index (χ2v) is 10.4. The maximum Gasteiger partial charge on any atom is 0.0750 e. The molecule has 0 unspecified atom stereocenters. The summed E-state index contributed by atoms with van der Waals surface area (Å²) in [6, 6.07) is 0. The molecular weight excluding hydrogens is 188 g/mol. The molecule has 0 saturated carbocycles. The number of hydrogen-bond donors (Lipinski definition) is 1. The molecule has 0 heterocycles. The predicted molar refractivity (Wildman–Crippen MR) is 65.0 cm³/mol. The van der Waals surface area contributed by atoms with Crippen molar-refractivity contribution in [3.63, 3.8) is 0 Å². The van der Waals surface area contributed by atoms with Crippen LogP contribution in [0.4, 0.5) is 0 Å². The summed E-state index contributed by atoms with van der Waals surface area (Å²) in [4.78, 5) is 0. The average molecular weight is 210 g/mol. The lowest BCUT2D eigenvalue weighted by Gasteiger charge is -2.31. The third kappa shape index (κ3) is 2.82. The highest BCUT2D eigenvalue weighted by Gasteiger charge is 2.29. The van der Waals surface area contributed by atoms with Crippen LogP contribution in [-0.2, 0) is 0 Å². The van der Waals surface area contributed by atoms with Crippen molar-refractivity contribution in [2.45, 2.75) is 45.0 Å². The fourth-order valence-corrected chi connectivity index (χ4v) is 2.95. The summed E-state index contributed by atoms with van der Waals surface area (Å²) in [7, 11) is -1.38. The van der Waals surface area contributed by atoms with Gasteiger partial charge in [0.05, 0.1) is 14.2 Å². The van der Waals surface area contributed by atoms with Gasteiger partial charge in [0.15, 0.2) is 0 Å². The zero-order valence-corrected chi connectivity index (χ0v) is 10.6. The van der Waals surface area contributed by atoms with E-state index in [1.165, 1.54) is 0 Å². The topological polar surface area (TPSA) is 20.2 Å². The standard InChI is InChI=1S/C12H22OSi/c1-10(14(2,3)4)12(13)11-8-6-5-7-9-11/h5-6,11-13H,1,7-9H2,2-4H3/t11-,12+/m0/s1. The summed E-state index contributed by atoms with van der Waals surface area (Å²) in [5, 5.41) is 11.3. The molecule has 14 heavy (non-hydrogen) atoms. The highest BCUT2D eigenvalue weighted by Crippen LogP contribution is 2.28. The van der Waals surface area contributed by atoms with Crippen molar-refractivity contribution in [1.82, 2.24) is 0 Å². The molecule has 1 N–H and O–H groups in total. The summed E-state index contributed by atoms with van der Waals surface area (Å²) in [5.74, 6) is 0.416. The van der Waals surface area contributed by atoms with Gasteiger partial charge in [0, 0.05) is 0 Å². The maximum absolute atomic E-state index is 10.2. The molecule has 2 heteroatoms. The molecule has 0 aromatic rings. The Balaban J connectivity index is 2.60. The smallest absolute Gasteiger partial charge is 0.0750 e. The van der Waals surface area contributed by atoms with Gasteiger partial charge in [0.1, 0.15) is 0 Å². The molecule has 80 valence electrons. The van der Waals surface area contributed by atoms with Crippen molar-refractivity contribution in [3.05, 3.63) is 23.9 Å². The van der Waals surface area contributed by atoms with Gasteiger partial charge in [-0.3, -0.25) is 0 Å². The zero-order chi connectivity index (χ0) is 10.8. The molecule has 1 aliphatic rings. The minimum absolute atomic E-state index is 0.272. The summed E-state index contributed by atoms with van der Waals surface area (Å²) < 4.78 is 0. The zero-order valence-electron chi connectivity index (χ0n) is 9.59. The number of aliphatic hydroxyl groups is 1. The molecule has 1 rings (SSSR count). The largest absolute Gasteiger partial charge is 0.389 e. The first-order chi connectivity index (χ1) is 6.43. The molecule has 0 aromatic carbocycles. The Morgan fingerprint density at radius 1 is 1.43 bits per heavy atom. The van der Waals surface area contributed by atoms with Crippen LogP contribution < -0.4 is 0 Å². The molecule has 0 aromatic heterocycles.